The minimum atomic E-state index is -0.438. The fraction of sp³-hybridized carbons (Fsp3) is 0.667. The van der Waals surface area contributed by atoms with Crippen molar-refractivity contribution < 1.29 is 14.6 Å². The van der Waals surface area contributed by atoms with Crippen molar-refractivity contribution >= 4 is 0 Å². The van der Waals surface area contributed by atoms with Gasteiger partial charge in [0.05, 0.1) is 18.8 Å². The van der Waals surface area contributed by atoms with Crippen molar-refractivity contribution in [2.75, 3.05) is 32.9 Å². The van der Waals surface area contributed by atoms with Gasteiger partial charge in [-0.15, -0.1) is 0 Å². The number of rotatable bonds is 8. The van der Waals surface area contributed by atoms with Crippen LogP contribution in [0.1, 0.15) is 30.9 Å². The van der Waals surface area contributed by atoms with Crippen LogP contribution in [0.25, 0.3) is 0 Å². The molecule has 22 heavy (non-hydrogen) atoms. The number of hydrogen-bond acceptors (Lipinski definition) is 4. The van der Waals surface area contributed by atoms with Crippen LogP contribution in [0.5, 0.6) is 0 Å². The highest BCUT2D eigenvalue weighted by Gasteiger charge is 2.17. The fourth-order valence-corrected chi connectivity index (χ4v) is 2.77. The Kier molecular flexibility index (Phi) is 7.33. The molecule has 4 heteroatoms. The van der Waals surface area contributed by atoms with Gasteiger partial charge in [0.1, 0.15) is 0 Å². The summed E-state index contributed by atoms with van der Waals surface area (Å²) in [6, 6.07) is 8.42. The summed E-state index contributed by atoms with van der Waals surface area (Å²) in [7, 11) is 0. The molecular weight excluding hydrogens is 278 g/mol. The summed E-state index contributed by atoms with van der Waals surface area (Å²) in [4.78, 5) is 2.26. The third kappa shape index (κ3) is 5.69. The van der Waals surface area contributed by atoms with Gasteiger partial charge in [-0.1, -0.05) is 31.2 Å². The van der Waals surface area contributed by atoms with Gasteiger partial charge in [-0.05, 0) is 37.4 Å². The molecule has 1 aliphatic heterocycles. The van der Waals surface area contributed by atoms with Crippen LogP contribution < -0.4 is 0 Å². The lowest BCUT2D eigenvalue weighted by Gasteiger charge is -2.27. The molecule has 1 aliphatic rings. The number of hydrogen-bond donors (Lipinski definition) is 1. The SMILES string of the molecule is CCN(Cc1ccccc1C)CC(O)COC1CCOCC1. The van der Waals surface area contributed by atoms with Gasteiger partial charge in [0.25, 0.3) is 0 Å². The first-order valence-corrected chi connectivity index (χ1v) is 8.33. The van der Waals surface area contributed by atoms with E-state index in [0.717, 1.165) is 39.1 Å². The van der Waals surface area contributed by atoms with Crippen LogP contribution in [0.15, 0.2) is 24.3 Å². The van der Waals surface area contributed by atoms with Crippen LogP contribution in [0, 0.1) is 6.92 Å². The van der Waals surface area contributed by atoms with E-state index in [-0.39, 0.29) is 6.10 Å². The molecule has 0 aromatic heterocycles. The fourth-order valence-electron chi connectivity index (χ4n) is 2.77. The second-order valence-electron chi connectivity index (χ2n) is 6.05. The minimum Gasteiger partial charge on any atom is -0.389 e. The van der Waals surface area contributed by atoms with Gasteiger partial charge in [-0.25, -0.2) is 0 Å². The molecule has 1 unspecified atom stereocenters. The summed E-state index contributed by atoms with van der Waals surface area (Å²) < 4.78 is 11.1. The zero-order valence-electron chi connectivity index (χ0n) is 13.8. The molecule has 1 aromatic carbocycles. The highest BCUT2D eigenvalue weighted by molar-refractivity contribution is 5.25. The Morgan fingerprint density at radius 3 is 2.73 bits per heavy atom. The summed E-state index contributed by atoms with van der Waals surface area (Å²) in [5, 5.41) is 10.2. The highest BCUT2D eigenvalue weighted by atomic mass is 16.5. The van der Waals surface area contributed by atoms with E-state index in [1.807, 2.05) is 0 Å². The molecule has 0 amide bonds. The van der Waals surface area contributed by atoms with Gasteiger partial charge >= 0.3 is 0 Å². The Hall–Kier alpha value is -0.940. The van der Waals surface area contributed by atoms with Crippen LogP contribution in [0.4, 0.5) is 0 Å². The lowest BCUT2D eigenvalue weighted by atomic mass is 10.1. The lowest BCUT2D eigenvalue weighted by molar-refractivity contribution is -0.0643. The number of likely N-dealkylation sites (N-methyl/N-ethyl adjacent to an activating group) is 1. The molecule has 0 saturated carbocycles. The third-order valence-corrected chi connectivity index (χ3v) is 4.26. The van der Waals surface area contributed by atoms with E-state index in [1.54, 1.807) is 0 Å². The van der Waals surface area contributed by atoms with Crippen LogP contribution in [0.2, 0.25) is 0 Å². The number of aliphatic hydroxyl groups is 1. The molecule has 1 aromatic rings. The first-order valence-electron chi connectivity index (χ1n) is 8.33. The van der Waals surface area contributed by atoms with Crippen LogP contribution in [-0.2, 0) is 16.0 Å². The summed E-state index contributed by atoms with van der Waals surface area (Å²) in [6.07, 6.45) is 1.68. The largest absolute Gasteiger partial charge is 0.389 e. The van der Waals surface area contributed by atoms with E-state index in [4.69, 9.17) is 9.47 Å². The van der Waals surface area contributed by atoms with E-state index in [0.29, 0.717) is 13.2 Å². The first kappa shape index (κ1) is 17.4. The van der Waals surface area contributed by atoms with Crippen molar-refractivity contribution in [1.29, 1.82) is 0 Å². The second-order valence-corrected chi connectivity index (χ2v) is 6.05. The van der Waals surface area contributed by atoms with Gasteiger partial charge < -0.3 is 14.6 Å². The molecule has 1 fully saturated rings. The number of aryl methyl sites for hydroxylation is 1. The summed E-state index contributed by atoms with van der Waals surface area (Å²) in [6.45, 7) is 8.66. The Balaban J connectivity index is 1.75. The maximum absolute atomic E-state index is 10.2. The van der Waals surface area contributed by atoms with Crippen molar-refractivity contribution in [3.63, 3.8) is 0 Å². The molecule has 2 rings (SSSR count). The molecule has 124 valence electrons. The normalized spacial score (nSPS) is 17.8. The van der Waals surface area contributed by atoms with Crippen molar-refractivity contribution in [1.82, 2.24) is 4.90 Å². The standard InChI is InChI=1S/C18H29NO3/c1-3-19(12-16-7-5-4-6-15(16)2)13-17(20)14-22-18-8-10-21-11-9-18/h4-7,17-18,20H,3,8-14H2,1-2H3. The quantitative estimate of drug-likeness (QED) is 0.800. The van der Waals surface area contributed by atoms with Crippen molar-refractivity contribution in [3.8, 4) is 0 Å². The molecule has 0 radical (unpaired) electrons. The number of aliphatic hydroxyl groups excluding tert-OH is 1. The first-order chi connectivity index (χ1) is 10.7. The topological polar surface area (TPSA) is 41.9 Å². The van der Waals surface area contributed by atoms with Gasteiger partial charge in [-0.3, -0.25) is 4.90 Å². The molecular formula is C18H29NO3. The Bertz CT molecular complexity index is 432. The van der Waals surface area contributed by atoms with Crippen LogP contribution >= 0.6 is 0 Å². The highest BCUT2D eigenvalue weighted by Crippen LogP contribution is 2.13. The monoisotopic (exact) mass is 307 g/mol. The molecule has 4 nitrogen and oxygen atoms in total. The average molecular weight is 307 g/mol. The lowest BCUT2D eigenvalue weighted by Crippen LogP contribution is -2.36. The van der Waals surface area contributed by atoms with E-state index in [9.17, 15) is 5.11 Å². The summed E-state index contributed by atoms with van der Waals surface area (Å²) in [5.74, 6) is 0. The zero-order chi connectivity index (χ0) is 15.8. The molecule has 0 aliphatic carbocycles. The van der Waals surface area contributed by atoms with Crippen LogP contribution in [-0.4, -0.2) is 55.1 Å². The third-order valence-electron chi connectivity index (χ3n) is 4.26. The number of ether oxygens (including phenoxy) is 2. The van der Waals surface area contributed by atoms with Gasteiger partial charge in [-0.2, -0.15) is 0 Å². The van der Waals surface area contributed by atoms with Crippen molar-refractivity contribution in [3.05, 3.63) is 35.4 Å². The van der Waals surface area contributed by atoms with E-state index in [2.05, 4.69) is 43.0 Å². The molecule has 1 heterocycles. The minimum absolute atomic E-state index is 0.245. The Morgan fingerprint density at radius 2 is 2.05 bits per heavy atom. The van der Waals surface area contributed by atoms with Crippen molar-refractivity contribution in [2.24, 2.45) is 0 Å². The molecule has 0 spiro atoms. The average Bonchev–Trinajstić information content (AvgIpc) is 2.55. The van der Waals surface area contributed by atoms with E-state index < -0.39 is 6.10 Å². The van der Waals surface area contributed by atoms with Gasteiger partial charge in [0.15, 0.2) is 0 Å². The van der Waals surface area contributed by atoms with E-state index in [1.165, 1.54) is 11.1 Å². The summed E-state index contributed by atoms with van der Waals surface area (Å²) >= 11 is 0. The summed E-state index contributed by atoms with van der Waals surface area (Å²) in [5.41, 5.74) is 2.62. The molecule has 1 atom stereocenters. The second kappa shape index (κ2) is 9.26. The number of nitrogens with zero attached hydrogens (tertiary/aromatic N) is 1. The molecule has 1 saturated heterocycles. The predicted molar refractivity (Wildman–Crippen MR) is 87.9 cm³/mol. The molecule has 1 N–H and O–H groups in total. The Morgan fingerprint density at radius 1 is 1.32 bits per heavy atom. The van der Waals surface area contributed by atoms with Gasteiger partial charge in [0.2, 0.25) is 0 Å². The smallest absolute Gasteiger partial charge is 0.0900 e. The number of benzene rings is 1. The maximum atomic E-state index is 10.2. The molecule has 0 bridgehead atoms. The predicted octanol–water partition coefficient (Wildman–Crippen LogP) is 2.37. The van der Waals surface area contributed by atoms with E-state index >= 15 is 0 Å². The van der Waals surface area contributed by atoms with Gasteiger partial charge in [0, 0.05) is 26.3 Å². The van der Waals surface area contributed by atoms with Crippen LogP contribution in [0.3, 0.4) is 0 Å². The zero-order valence-corrected chi connectivity index (χ0v) is 13.8. The maximum Gasteiger partial charge on any atom is 0.0900 e. The Labute approximate surface area is 134 Å². The van der Waals surface area contributed by atoms with Crippen molar-refractivity contribution in [2.45, 2.75) is 45.4 Å².